The molecule has 1 amide bonds. The summed E-state index contributed by atoms with van der Waals surface area (Å²) in [4.78, 5) is 14.4. The maximum atomic E-state index is 10.5. The highest BCUT2D eigenvalue weighted by Crippen LogP contribution is 2.00. The molecule has 1 rings (SSSR count). The summed E-state index contributed by atoms with van der Waals surface area (Å²) in [6, 6.07) is 1.90. The van der Waals surface area contributed by atoms with Gasteiger partial charge in [-0.25, -0.2) is 0 Å². The van der Waals surface area contributed by atoms with Crippen molar-refractivity contribution < 1.29 is 4.79 Å². The minimum atomic E-state index is -0.322. The lowest BCUT2D eigenvalue weighted by Crippen LogP contribution is -2.13. The minimum absolute atomic E-state index is 0.272. The van der Waals surface area contributed by atoms with Gasteiger partial charge in [0.2, 0.25) is 5.91 Å². The van der Waals surface area contributed by atoms with Crippen LogP contribution >= 0.6 is 0 Å². The molecule has 0 saturated carbocycles. The second-order valence-corrected chi connectivity index (χ2v) is 2.51. The van der Waals surface area contributed by atoms with Crippen LogP contribution in [0.5, 0.6) is 0 Å². The summed E-state index contributed by atoms with van der Waals surface area (Å²) in [5, 5.41) is 0. The van der Waals surface area contributed by atoms with E-state index in [0.717, 1.165) is 11.1 Å². The number of nitrogens with two attached hydrogens (primary N) is 1. The summed E-state index contributed by atoms with van der Waals surface area (Å²) in [6.45, 7) is 1.93. The van der Waals surface area contributed by atoms with Crippen LogP contribution in [-0.2, 0) is 11.2 Å². The van der Waals surface area contributed by atoms with E-state index in [1.165, 1.54) is 0 Å². The van der Waals surface area contributed by atoms with Crippen molar-refractivity contribution in [1.82, 2.24) is 4.98 Å². The van der Waals surface area contributed by atoms with Gasteiger partial charge in [-0.1, -0.05) is 6.07 Å². The number of hydrogen-bond donors (Lipinski definition) is 1. The van der Waals surface area contributed by atoms with Crippen LogP contribution in [0, 0.1) is 6.92 Å². The smallest absolute Gasteiger partial charge is 0.221 e. The number of primary amides is 1. The van der Waals surface area contributed by atoms with E-state index in [1.807, 2.05) is 13.0 Å². The van der Waals surface area contributed by atoms with Crippen LogP contribution in [0.2, 0.25) is 0 Å². The molecule has 2 N–H and O–H groups in total. The number of hydrogen-bond acceptors (Lipinski definition) is 2. The standard InChI is InChI=1S/C8H10N2O/c1-6-2-7(3-8(9)11)5-10-4-6/h2,4-5H,3H2,1H3,(H2,9,11). The highest BCUT2D eigenvalue weighted by molar-refractivity contribution is 5.76. The third-order valence-corrected chi connectivity index (χ3v) is 1.31. The number of amides is 1. The molecule has 0 aliphatic heterocycles. The van der Waals surface area contributed by atoms with E-state index < -0.39 is 0 Å². The van der Waals surface area contributed by atoms with Gasteiger partial charge in [-0.3, -0.25) is 9.78 Å². The molecular formula is C8H10N2O. The molecule has 0 aliphatic carbocycles. The molecule has 0 aromatic carbocycles. The van der Waals surface area contributed by atoms with Gasteiger partial charge in [-0.15, -0.1) is 0 Å². The number of carbonyl (C=O) groups is 1. The Balaban J connectivity index is 2.79. The van der Waals surface area contributed by atoms with Gasteiger partial charge in [0.15, 0.2) is 0 Å². The number of pyridine rings is 1. The van der Waals surface area contributed by atoms with Crippen LogP contribution in [0.1, 0.15) is 11.1 Å². The molecule has 1 heterocycles. The van der Waals surface area contributed by atoms with Crippen LogP contribution in [0.4, 0.5) is 0 Å². The number of nitrogens with zero attached hydrogens (tertiary/aromatic N) is 1. The monoisotopic (exact) mass is 150 g/mol. The van der Waals surface area contributed by atoms with E-state index >= 15 is 0 Å². The Kier molecular flexibility index (Phi) is 2.21. The Hall–Kier alpha value is -1.38. The Morgan fingerprint density at radius 3 is 2.91 bits per heavy atom. The Bertz CT molecular complexity index is 271. The molecular weight excluding hydrogens is 140 g/mol. The third kappa shape index (κ3) is 2.37. The molecule has 1 aromatic rings. The number of rotatable bonds is 2. The molecule has 58 valence electrons. The van der Waals surface area contributed by atoms with Crippen LogP contribution < -0.4 is 5.73 Å². The zero-order valence-electron chi connectivity index (χ0n) is 6.37. The third-order valence-electron chi connectivity index (χ3n) is 1.31. The average Bonchev–Trinajstić information content (AvgIpc) is 1.85. The first-order valence-electron chi connectivity index (χ1n) is 3.37. The van der Waals surface area contributed by atoms with Gasteiger partial charge in [0.25, 0.3) is 0 Å². The molecule has 0 saturated heterocycles. The zero-order valence-corrected chi connectivity index (χ0v) is 6.37. The predicted molar refractivity (Wildman–Crippen MR) is 41.9 cm³/mol. The topological polar surface area (TPSA) is 56.0 Å². The van der Waals surface area contributed by atoms with Crippen LogP contribution in [0.15, 0.2) is 18.5 Å². The molecule has 1 aromatic heterocycles. The van der Waals surface area contributed by atoms with Gasteiger partial charge in [0.05, 0.1) is 6.42 Å². The predicted octanol–water partition coefficient (Wildman–Crippen LogP) is 0.418. The van der Waals surface area contributed by atoms with Crippen molar-refractivity contribution in [3.8, 4) is 0 Å². The summed E-state index contributed by atoms with van der Waals surface area (Å²) in [7, 11) is 0. The highest BCUT2D eigenvalue weighted by atomic mass is 16.1. The Morgan fingerprint density at radius 1 is 1.64 bits per heavy atom. The maximum Gasteiger partial charge on any atom is 0.221 e. The van der Waals surface area contributed by atoms with Crippen molar-refractivity contribution in [2.24, 2.45) is 5.73 Å². The van der Waals surface area contributed by atoms with Crippen molar-refractivity contribution in [3.05, 3.63) is 29.6 Å². The summed E-state index contributed by atoms with van der Waals surface area (Å²) < 4.78 is 0. The SMILES string of the molecule is Cc1cncc(CC(N)=O)c1. The van der Waals surface area contributed by atoms with Gasteiger partial charge in [-0.05, 0) is 18.1 Å². The molecule has 0 aliphatic rings. The van der Waals surface area contributed by atoms with Crippen molar-refractivity contribution >= 4 is 5.91 Å². The van der Waals surface area contributed by atoms with E-state index in [0.29, 0.717) is 0 Å². The lowest BCUT2D eigenvalue weighted by molar-refractivity contribution is -0.117. The fraction of sp³-hybridized carbons (Fsp3) is 0.250. The number of aryl methyl sites for hydroxylation is 1. The first kappa shape index (κ1) is 7.72. The van der Waals surface area contributed by atoms with Crippen molar-refractivity contribution in [1.29, 1.82) is 0 Å². The average molecular weight is 150 g/mol. The second kappa shape index (κ2) is 3.14. The van der Waals surface area contributed by atoms with Gasteiger partial charge in [0.1, 0.15) is 0 Å². The quantitative estimate of drug-likeness (QED) is 0.664. The van der Waals surface area contributed by atoms with Gasteiger partial charge < -0.3 is 5.73 Å². The first-order chi connectivity index (χ1) is 5.18. The van der Waals surface area contributed by atoms with Crippen LogP contribution in [-0.4, -0.2) is 10.9 Å². The fourth-order valence-electron chi connectivity index (χ4n) is 0.915. The lowest BCUT2D eigenvalue weighted by atomic mass is 10.1. The summed E-state index contributed by atoms with van der Waals surface area (Å²) in [5.41, 5.74) is 6.93. The summed E-state index contributed by atoms with van der Waals surface area (Å²) in [6.07, 6.45) is 3.66. The molecule has 0 fully saturated rings. The van der Waals surface area contributed by atoms with Gasteiger partial charge in [-0.2, -0.15) is 0 Å². The van der Waals surface area contributed by atoms with Gasteiger partial charge in [0, 0.05) is 12.4 Å². The van der Waals surface area contributed by atoms with E-state index in [1.54, 1.807) is 12.4 Å². The van der Waals surface area contributed by atoms with Gasteiger partial charge >= 0.3 is 0 Å². The normalized spacial score (nSPS) is 9.55. The molecule has 0 bridgehead atoms. The molecule has 0 unspecified atom stereocenters. The van der Waals surface area contributed by atoms with Crippen molar-refractivity contribution in [3.63, 3.8) is 0 Å². The Labute approximate surface area is 65.2 Å². The van der Waals surface area contributed by atoms with E-state index in [9.17, 15) is 4.79 Å². The van der Waals surface area contributed by atoms with E-state index in [4.69, 9.17) is 5.73 Å². The van der Waals surface area contributed by atoms with Crippen molar-refractivity contribution in [2.75, 3.05) is 0 Å². The second-order valence-electron chi connectivity index (χ2n) is 2.51. The van der Waals surface area contributed by atoms with E-state index in [2.05, 4.69) is 4.98 Å². The molecule has 0 atom stereocenters. The van der Waals surface area contributed by atoms with Crippen molar-refractivity contribution in [2.45, 2.75) is 13.3 Å². The Morgan fingerprint density at radius 2 is 2.36 bits per heavy atom. The van der Waals surface area contributed by atoms with Crippen LogP contribution in [0.3, 0.4) is 0 Å². The summed E-state index contributed by atoms with van der Waals surface area (Å²) >= 11 is 0. The maximum absolute atomic E-state index is 10.5. The van der Waals surface area contributed by atoms with Crippen LogP contribution in [0.25, 0.3) is 0 Å². The lowest BCUT2D eigenvalue weighted by Gasteiger charge is -1.96. The molecule has 0 radical (unpaired) electrons. The highest BCUT2D eigenvalue weighted by Gasteiger charge is 1.97. The minimum Gasteiger partial charge on any atom is -0.369 e. The molecule has 3 heteroatoms. The summed E-state index contributed by atoms with van der Waals surface area (Å²) in [5.74, 6) is -0.322. The fourth-order valence-corrected chi connectivity index (χ4v) is 0.915. The largest absolute Gasteiger partial charge is 0.369 e. The zero-order chi connectivity index (χ0) is 8.27. The number of aromatic nitrogens is 1. The number of carbonyl (C=O) groups excluding carboxylic acids is 1. The van der Waals surface area contributed by atoms with E-state index in [-0.39, 0.29) is 12.3 Å². The molecule has 0 spiro atoms. The molecule has 3 nitrogen and oxygen atoms in total. The molecule has 11 heavy (non-hydrogen) atoms. The first-order valence-corrected chi connectivity index (χ1v) is 3.37.